The molecule has 0 unspecified atom stereocenters. The smallest absolute Gasteiger partial charge is 0.259 e. The van der Waals surface area contributed by atoms with E-state index < -0.39 is 0 Å². The lowest BCUT2D eigenvalue weighted by atomic mass is 10.1. The van der Waals surface area contributed by atoms with Crippen LogP contribution in [0.5, 0.6) is 5.75 Å². The van der Waals surface area contributed by atoms with Gasteiger partial charge in [0.05, 0.1) is 12.7 Å². The van der Waals surface area contributed by atoms with Gasteiger partial charge in [0.15, 0.2) is 5.78 Å². The maximum Gasteiger partial charge on any atom is 0.259 e. The molecule has 1 aromatic heterocycles. The molecule has 1 heterocycles. The number of H-pyrrole nitrogens is 1. The molecule has 0 fully saturated rings. The normalized spacial score (nSPS) is 11.0. The van der Waals surface area contributed by atoms with Crippen LogP contribution in [0, 0.1) is 0 Å². The van der Waals surface area contributed by atoms with Crippen LogP contribution in [0.3, 0.4) is 0 Å². The summed E-state index contributed by atoms with van der Waals surface area (Å²) in [7, 11) is 1.60. The second-order valence-corrected chi connectivity index (χ2v) is 5.07. The van der Waals surface area contributed by atoms with Crippen LogP contribution in [0.4, 0.5) is 0 Å². The molecule has 0 bridgehead atoms. The Morgan fingerprint density at radius 1 is 1.09 bits per heavy atom. The summed E-state index contributed by atoms with van der Waals surface area (Å²) in [6, 6.07) is 16.3. The van der Waals surface area contributed by atoms with Gasteiger partial charge < -0.3 is 9.72 Å². The van der Waals surface area contributed by atoms with Crippen molar-refractivity contribution in [3.8, 4) is 5.75 Å². The van der Waals surface area contributed by atoms with Gasteiger partial charge in [-0.1, -0.05) is 36.4 Å². The van der Waals surface area contributed by atoms with E-state index in [0.29, 0.717) is 5.52 Å². The average molecular weight is 305 g/mol. The number of methoxy groups -OCH3 is 1. The van der Waals surface area contributed by atoms with Crippen molar-refractivity contribution in [1.29, 1.82) is 0 Å². The molecule has 0 aliphatic carbocycles. The van der Waals surface area contributed by atoms with E-state index in [2.05, 4.69) is 4.98 Å². The van der Waals surface area contributed by atoms with Crippen LogP contribution >= 0.6 is 0 Å². The number of allylic oxidation sites excluding steroid dienone is 1. The number of benzene rings is 2. The maximum absolute atomic E-state index is 12.3. The Morgan fingerprint density at radius 2 is 1.83 bits per heavy atom. The van der Waals surface area contributed by atoms with Crippen molar-refractivity contribution >= 4 is 22.8 Å². The fourth-order valence-electron chi connectivity index (χ4n) is 2.31. The zero-order valence-electron chi connectivity index (χ0n) is 12.6. The zero-order chi connectivity index (χ0) is 16.2. The van der Waals surface area contributed by atoms with Crippen molar-refractivity contribution in [1.82, 2.24) is 4.98 Å². The summed E-state index contributed by atoms with van der Waals surface area (Å²) in [6.45, 7) is 0. The zero-order valence-corrected chi connectivity index (χ0v) is 12.6. The summed E-state index contributed by atoms with van der Waals surface area (Å²) in [5, 5.41) is 0.827. The Kier molecular flexibility index (Phi) is 4.06. The van der Waals surface area contributed by atoms with Crippen LogP contribution in [-0.4, -0.2) is 17.9 Å². The van der Waals surface area contributed by atoms with Crippen molar-refractivity contribution in [3.05, 3.63) is 82.2 Å². The van der Waals surface area contributed by atoms with Gasteiger partial charge in [0, 0.05) is 5.52 Å². The van der Waals surface area contributed by atoms with Crippen LogP contribution < -0.4 is 10.3 Å². The lowest BCUT2D eigenvalue weighted by Crippen LogP contribution is -2.16. The number of hydrogen-bond donors (Lipinski definition) is 1. The predicted molar refractivity (Wildman–Crippen MR) is 90.9 cm³/mol. The SMILES string of the molecule is COc1ccc(/C=C/C(=O)c2cc3ccccc3[nH]c2=O)cc1. The number of para-hydroxylation sites is 1. The van der Waals surface area contributed by atoms with Gasteiger partial charge in [-0.2, -0.15) is 0 Å². The molecule has 4 nitrogen and oxygen atoms in total. The Morgan fingerprint density at radius 3 is 2.57 bits per heavy atom. The molecule has 3 rings (SSSR count). The summed E-state index contributed by atoms with van der Waals surface area (Å²) in [4.78, 5) is 27.0. The van der Waals surface area contributed by atoms with Crippen molar-refractivity contribution in [2.45, 2.75) is 0 Å². The molecular weight excluding hydrogens is 290 g/mol. The first kappa shape index (κ1) is 14.8. The van der Waals surface area contributed by atoms with Crippen molar-refractivity contribution < 1.29 is 9.53 Å². The number of rotatable bonds is 4. The number of aromatic amines is 1. The van der Waals surface area contributed by atoms with E-state index in [0.717, 1.165) is 16.7 Å². The van der Waals surface area contributed by atoms with Gasteiger partial charge in [0.2, 0.25) is 0 Å². The van der Waals surface area contributed by atoms with E-state index in [1.54, 1.807) is 25.3 Å². The van der Waals surface area contributed by atoms with Crippen LogP contribution in [-0.2, 0) is 0 Å². The molecule has 0 aliphatic rings. The third-order valence-corrected chi connectivity index (χ3v) is 3.56. The molecule has 23 heavy (non-hydrogen) atoms. The Labute approximate surface area is 133 Å². The van der Waals surface area contributed by atoms with Gasteiger partial charge in [-0.25, -0.2) is 0 Å². The van der Waals surface area contributed by atoms with E-state index in [1.165, 1.54) is 6.08 Å². The molecule has 1 N–H and O–H groups in total. The van der Waals surface area contributed by atoms with Crippen LogP contribution in [0.25, 0.3) is 17.0 Å². The molecule has 2 aromatic carbocycles. The van der Waals surface area contributed by atoms with Gasteiger partial charge in [-0.3, -0.25) is 9.59 Å². The number of pyridine rings is 1. The summed E-state index contributed by atoms with van der Waals surface area (Å²) >= 11 is 0. The molecule has 0 amide bonds. The molecule has 0 aliphatic heterocycles. The highest BCUT2D eigenvalue weighted by Gasteiger charge is 2.08. The van der Waals surface area contributed by atoms with Gasteiger partial charge in [-0.15, -0.1) is 0 Å². The quantitative estimate of drug-likeness (QED) is 0.593. The maximum atomic E-state index is 12.3. The first-order valence-electron chi connectivity index (χ1n) is 7.16. The predicted octanol–water partition coefficient (Wildman–Crippen LogP) is 3.43. The standard InChI is InChI=1S/C19H15NO3/c1-23-15-9-6-13(7-10-15)8-11-18(21)16-12-14-4-2-3-5-17(14)20-19(16)22/h2-12H,1H3,(H,20,22)/b11-8+. The highest BCUT2D eigenvalue weighted by atomic mass is 16.5. The third kappa shape index (κ3) is 3.21. The van der Waals surface area contributed by atoms with Gasteiger partial charge >= 0.3 is 0 Å². The molecule has 4 heteroatoms. The second kappa shape index (κ2) is 6.32. The monoisotopic (exact) mass is 305 g/mol. The van der Waals surface area contributed by atoms with E-state index in [-0.39, 0.29) is 16.9 Å². The minimum atomic E-state index is -0.381. The Balaban J connectivity index is 1.89. The summed E-state index contributed by atoms with van der Waals surface area (Å²) in [5.41, 5.74) is 1.33. The van der Waals surface area contributed by atoms with Crippen LogP contribution in [0.1, 0.15) is 15.9 Å². The number of fused-ring (bicyclic) bond motifs is 1. The van der Waals surface area contributed by atoms with Gasteiger partial charge in [0.25, 0.3) is 5.56 Å². The first-order chi connectivity index (χ1) is 11.2. The molecule has 3 aromatic rings. The van der Waals surface area contributed by atoms with Crippen LogP contribution in [0.2, 0.25) is 0 Å². The van der Waals surface area contributed by atoms with Crippen molar-refractivity contribution in [3.63, 3.8) is 0 Å². The van der Waals surface area contributed by atoms with E-state index in [9.17, 15) is 9.59 Å². The number of ether oxygens (including phenoxy) is 1. The van der Waals surface area contributed by atoms with Gasteiger partial charge in [-0.05, 0) is 41.3 Å². The largest absolute Gasteiger partial charge is 0.497 e. The summed E-state index contributed by atoms with van der Waals surface area (Å²) in [5.74, 6) is 0.423. The Bertz CT molecular complexity index is 937. The summed E-state index contributed by atoms with van der Waals surface area (Å²) < 4.78 is 5.08. The number of carbonyl (C=O) groups excluding carboxylic acids is 1. The summed E-state index contributed by atoms with van der Waals surface area (Å²) in [6.07, 6.45) is 3.08. The van der Waals surface area contributed by atoms with Crippen molar-refractivity contribution in [2.24, 2.45) is 0 Å². The minimum absolute atomic E-state index is 0.133. The first-order valence-corrected chi connectivity index (χ1v) is 7.16. The Hall–Kier alpha value is -3.14. The lowest BCUT2D eigenvalue weighted by molar-refractivity contribution is 0.104. The van der Waals surface area contributed by atoms with Gasteiger partial charge in [0.1, 0.15) is 5.75 Å². The molecule has 0 saturated heterocycles. The topological polar surface area (TPSA) is 59.2 Å². The molecule has 0 spiro atoms. The molecule has 0 saturated carbocycles. The number of ketones is 1. The highest BCUT2D eigenvalue weighted by molar-refractivity contribution is 6.08. The molecule has 114 valence electrons. The van der Waals surface area contributed by atoms with E-state index >= 15 is 0 Å². The van der Waals surface area contributed by atoms with E-state index in [1.807, 2.05) is 42.5 Å². The lowest BCUT2D eigenvalue weighted by Gasteiger charge is -2.01. The molecule has 0 atom stereocenters. The number of aromatic nitrogens is 1. The average Bonchev–Trinajstić information content (AvgIpc) is 2.59. The number of carbonyl (C=O) groups is 1. The number of hydrogen-bond acceptors (Lipinski definition) is 3. The molecular formula is C19H15NO3. The second-order valence-electron chi connectivity index (χ2n) is 5.07. The van der Waals surface area contributed by atoms with Crippen molar-refractivity contribution in [2.75, 3.05) is 7.11 Å². The van der Waals surface area contributed by atoms with E-state index in [4.69, 9.17) is 4.74 Å². The minimum Gasteiger partial charge on any atom is -0.497 e. The highest BCUT2D eigenvalue weighted by Crippen LogP contribution is 2.14. The number of nitrogens with one attached hydrogen (secondary N) is 1. The fourth-order valence-corrected chi connectivity index (χ4v) is 2.31. The fraction of sp³-hybridized carbons (Fsp3) is 0.0526. The molecule has 0 radical (unpaired) electrons. The third-order valence-electron chi connectivity index (χ3n) is 3.56. The van der Waals surface area contributed by atoms with Crippen LogP contribution in [0.15, 0.2) is 65.5 Å².